The van der Waals surface area contributed by atoms with Gasteiger partial charge in [-0.05, 0) is 0 Å². The summed E-state index contributed by atoms with van der Waals surface area (Å²) in [4.78, 5) is 0. The van der Waals surface area contributed by atoms with Gasteiger partial charge in [0.25, 0.3) is 0 Å². The molecule has 0 amide bonds. The van der Waals surface area contributed by atoms with Crippen LogP contribution in [0, 0.1) is 0 Å². The Morgan fingerprint density at radius 3 is 1.01 bits per heavy atom. The highest BCUT2D eigenvalue weighted by Crippen LogP contribution is 2.35. The van der Waals surface area contributed by atoms with E-state index in [0.717, 1.165) is 0 Å². The Labute approximate surface area is 378 Å². The number of rotatable bonds is 16. The summed E-state index contributed by atoms with van der Waals surface area (Å²) < 4.78 is 60.8. The predicted molar refractivity (Wildman–Crippen MR) is 199 cm³/mol. The van der Waals surface area contributed by atoms with Crippen LogP contribution in [0.3, 0.4) is 0 Å². The Balaban J connectivity index is 1.19. The maximum Gasteiger partial charge on any atom is 0.187 e. The third-order valence-corrected chi connectivity index (χ3v) is 12.4. The van der Waals surface area contributed by atoms with E-state index in [-0.39, 0.29) is 0 Å². The minimum absolute atomic E-state index is 0.836. The molecule has 30 atom stereocenters. The zero-order valence-electron chi connectivity index (χ0n) is 35.0. The second-order valence-electron chi connectivity index (χ2n) is 16.8. The van der Waals surface area contributed by atoms with E-state index in [0.29, 0.717) is 0 Å². The molecule has 0 spiro atoms. The Morgan fingerprint density at radius 2 is 0.567 bits per heavy atom. The van der Waals surface area contributed by atoms with Crippen molar-refractivity contribution < 1.29 is 154 Å². The second kappa shape index (κ2) is 23.5. The van der Waals surface area contributed by atoms with Crippen molar-refractivity contribution in [1.82, 2.24) is 0 Å². The monoisotopic (exact) mass is 990 g/mol. The van der Waals surface area contributed by atoms with Crippen LogP contribution < -0.4 is 0 Å². The van der Waals surface area contributed by atoms with Crippen molar-refractivity contribution in [3.8, 4) is 0 Å². The van der Waals surface area contributed by atoms with Crippen molar-refractivity contribution in [2.45, 2.75) is 184 Å². The molecule has 392 valence electrons. The Kier molecular flexibility index (Phi) is 19.4. The van der Waals surface area contributed by atoms with Gasteiger partial charge in [0.2, 0.25) is 0 Å². The normalized spacial score (nSPS) is 53.4. The standard InChI is InChI=1S/C36H62O31/c37-1-7-13(41)19(47)23(51)32(60-7)57-6-12-18(46)29(65-34-24(52)20(48)14(42)8(2-38)61-34)27(55)33(64-12)58-5-11-17(45)28(26(54)31(56)59-11)66-36-30(22(50)16(44)10(4-40)63-36)67-35-25(53)21(49)15(43)9(3-39)62-35/h7-56H,1-6H2/t7-,8-,9-,10-,11-,12-,13-,14-,15-,16-,17-,18-,19+,20+,21+,22+,23-,24+,25+,26+,27+,28+,29+,30+,31+,32+,33+,34-,35-,36-/m1/s1. The summed E-state index contributed by atoms with van der Waals surface area (Å²) in [5.41, 5.74) is 0. The van der Waals surface area contributed by atoms with E-state index in [2.05, 4.69) is 0 Å². The highest BCUT2D eigenvalue weighted by molar-refractivity contribution is 4.98. The van der Waals surface area contributed by atoms with Crippen LogP contribution in [0.1, 0.15) is 0 Å². The molecule has 31 heteroatoms. The summed E-state index contributed by atoms with van der Waals surface area (Å²) in [7, 11) is 0. The molecular weight excluding hydrogens is 928 g/mol. The van der Waals surface area contributed by atoms with Gasteiger partial charge in [0.05, 0.1) is 39.6 Å². The first-order valence-electron chi connectivity index (χ1n) is 21.1. The van der Waals surface area contributed by atoms with Gasteiger partial charge in [-0.25, -0.2) is 0 Å². The van der Waals surface area contributed by atoms with E-state index in [1.165, 1.54) is 0 Å². The molecule has 31 nitrogen and oxygen atoms in total. The lowest BCUT2D eigenvalue weighted by atomic mass is 9.96. The SMILES string of the molecule is OC[C@H]1O[C@H](O[C@@H]2[C@H](O)[C@@H](OC[C@H]3O[C@H](O)[C@@H](O)[C@@H](O[C@H]4O[C@H](CO)[C@@H](O)[C@H](O)[C@@H]4O[C@H]4O[C@H](CO)[C@@H](O)[C@H](O)[C@@H]4O)[C@@H]3O)O[C@H](CO[C@H]3O[C@H](CO)[C@@H](O)[C@H](O)[C@H]3O)[C@H]2O)[C@@H](O)[C@@H](O)[C@@H]1O. The smallest absolute Gasteiger partial charge is 0.187 e. The van der Waals surface area contributed by atoms with E-state index >= 15 is 0 Å². The molecule has 6 fully saturated rings. The van der Waals surface area contributed by atoms with E-state index in [9.17, 15) is 102 Å². The Bertz CT molecular complexity index is 1500. The Morgan fingerprint density at radius 1 is 0.254 bits per heavy atom. The summed E-state index contributed by atoms with van der Waals surface area (Å²) in [6, 6.07) is 0. The van der Waals surface area contributed by atoms with E-state index in [4.69, 9.17) is 52.1 Å². The van der Waals surface area contributed by atoms with Crippen molar-refractivity contribution in [2.75, 3.05) is 39.6 Å². The van der Waals surface area contributed by atoms with Gasteiger partial charge in [-0.15, -0.1) is 0 Å². The van der Waals surface area contributed by atoms with E-state index < -0.39 is 224 Å². The van der Waals surface area contributed by atoms with Crippen LogP contribution in [-0.4, -0.2) is 326 Å². The van der Waals surface area contributed by atoms with Gasteiger partial charge < -0.3 is 154 Å². The molecule has 0 bridgehead atoms. The number of aliphatic hydroxyl groups is 20. The summed E-state index contributed by atoms with van der Waals surface area (Å²) in [6.07, 6.45) is -57.5. The molecule has 20 N–H and O–H groups in total. The maximum absolute atomic E-state index is 11.5. The van der Waals surface area contributed by atoms with Crippen molar-refractivity contribution in [3.05, 3.63) is 0 Å². The molecule has 0 aromatic heterocycles. The number of hydrogen-bond donors (Lipinski definition) is 20. The summed E-state index contributed by atoms with van der Waals surface area (Å²) >= 11 is 0. The van der Waals surface area contributed by atoms with Gasteiger partial charge in [-0.3, -0.25) is 0 Å². The van der Waals surface area contributed by atoms with Crippen LogP contribution in [0.15, 0.2) is 0 Å². The molecule has 6 heterocycles. The molecule has 6 rings (SSSR count). The molecule has 6 aliphatic rings. The molecule has 0 unspecified atom stereocenters. The molecule has 0 aromatic rings. The van der Waals surface area contributed by atoms with Crippen molar-refractivity contribution >= 4 is 0 Å². The quantitative estimate of drug-likeness (QED) is 0.0683. The molecule has 0 saturated carbocycles. The van der Waals surface area contributed by atoms with Gasteiger partial charge in [-0.2, -0.15) is 0 Å². The van der Waals surface area contributed by atoms with Crippen LogP contribution in [0.2, 0.25) is 0 Å². The number of hydrogen-bond acceptors (Lipinski definition) is 31. The molecule has 67 heavy (non-hydrogen) atoms. The van der Waals surface area contributed by atoms with E-state index in [1.807, 2.05) is 0 Å². The summed E-state index contributed by atoms with van der Waals surface area (Å²) in [5.74, 6) is 0. The molecular formula is C36H62O31. The van der Waals surface area contributed by atoms with Gasteiger partial charge in [0.15, 0.2) is 37.7 Å². The fraction of sp³-hybridized carbons (Fsp3) is 1.00. The number of ether oxygens (including phenoxy) is 11. The first-order valence-corrected chi connectivity index (χ1v) is 21.1. The van der Waals surface area contributed by atoms with Crippen LogP contribution in [0.4, 0.5) is 0 Å². The van der Waals surface area contributed by atoms with Crippen LogP contribution in [0.5, 0.6) is 0 Å². The topological polar surface area (TPSA) is 506 Å². The van der Waals surface area contributed by atoms with Gasteiger partial charge in [0, 0.05) is 0 Å². The van der Waals surface area contributed by atoms with Gasteiger partial charge in [0.1, 0.15) is 146 Å². The maximum atomic E-state index is 11.5. The first-order chi connectivity index (χ1) is 31.7. The van der Waals surface area contributed by atoms with Crippen LogP contribution >= 0.6 is 0 Å². The summed E-state index contributed by atoms with van der Waals surface area (Å²) in [5, 5.41) is 210. The molecule has 6 aliphatic heterocycles. The lowest BCUT2D eigenvalue weighted by Gasteiger charge is -2.48. The average molecular weight is 991 g/mol. The molecule has 0 aromatic carbocycles. The molecule has 0 aliphatic carbocycles. The minimum Gasteiger partial charge on any atom is -0.394 e. The fourth-order valence-electron chi connectivity index (χ4n) is 8.27. The minimum atomic E-state index is -2.24. The summed E-state index contributed by atoms with van der Waals surface area (Å²) in [6.45, 7) is -5.36. The van der Waals surface area contributed by atoms with Gasteiger partial charge in [-0.1, -0.05) is 0 Å². The zero-order valence-corrected chi connectivity index (χ0v) is 35.0. The second-order valence-corrected chi connectivity index (χ2v) is 16.8. The lowest BCUT2D eigenvalue weighted by molar-refractivity contribution is -0.390. The first kappa shape index (κ1) is 55.1. The highest BCUT2D eigenvalue weighted by atomic mass is 16.8. The van der Waals surface area contributed by atoms with Crippen molar-refractivity contribution in [1.29, 1.82) is 0 Å². The van der Waals surface area contributed by atoms with Crippen molar-refractivity contribution in [2.24, 2.45) is 0 Å². The van der Waals surface area contributed by atoms with E-state index in [1.54, 1.807) is 0 Å². The average Bonchev–Trinajstić information content (AvgIpc) is 3.31. The molecule has 0 radical (unpaired) electrons. The molecule has 6 saturated heterocycles. The van der Waals surface area contributed by atoms with Crippen LogP contribution in [-0.2, 0) is 52.1 Å². The van der Waals surface area contributed by atoms with Gasteiger partial charge >= 0.3 is 0 Å². The lowest BCUT2D eigenvalue weighted by Crippen LogP contribution is -2.67. The van der Waals surface area contributed by atoms with Crippen molar-refractivity contribution in [3.63, 3.8) is 0 Å². The predicted octanol–water partition coefficient (Wildman–Crippen LogP) is -14.1. The third kappa shape index (κ3) is 11.5. The number of aliphatic hydroxyl groups excluding tert-OH is 20. The third-order valence-electron chi connectivity index (χ3n) is 12.4. The highest BCUT2D eigenvalue weighted by Gasteiger charge is 2.56. The zero-order chi connectivity index (χ0) is 49.3. The van der Waals surface area contributed by atoms with Crippen LogP contribution in [0.25, 0.3) is 0 Å². The fourth-order valence-corrected chi connectivity index (χ4v) is 8.27. The Hall–Kier alpha value is -1.24. The largest absolute Gasteiger partial charge is 0.394 e.